The van der Waals surface area contributed by atoms with Crippen molar-refractivity contribution in [3.63, 3.8) is 0 Å². The van der Waals surface area contributed by atoms with Gasteiger partial charge in [0.15, 0.2) is 0 Å². The number of unbranched alkanes of at least 4 members (excludes halogenated alkanes) is 13. The lowest BCUT2D eigenvalue weighted by atomic mass is 9.99. The molecule has 52 heavy (non-hydrogen) atoms. The molecule has 0 fully saturated rings. The number of hydrogen-bond acceptors (Lipinski definition) is 6. The third-order valence-corrected chi connectivity index (χ3v) is 9.11. The fourth-order valence-corrected chi connectivity index (χ4v) is 5.52. The van der Waals surface area contributed by atoms with Gasteiger partial charge in [0.1, 0.15) is 19.3 Å². The molecule has 0 amide bonds. The Kier molecular flexibility index (Phi) is 37.5. The van der Waals surface area contributed by atoms with Crippen molar-refractivity contribution in [2.24, 2.45) is 5.92 Å². The number of hydrogen-bond donors (Lipinski definition) is 2. The van der Waals surface area contributed by atoms with Crippen LogP contribution >= 0.6 is 0 Å². The van der Waals surface area contributed by atoms with E-state index in [1.165, 1.54) is 83.5 Å². The van der Waals surface area contributed by atoms with Crippen LogP contribution in [-0.4, -0.2) is 47.6 Å². The van der Waals surface area contributed by atoms with Gasteiger partial charge in [-0.15, -0.1) is 0 Å². The van der Waals surface area contributed by atoms with Gasteiger partial charge in [-0.3, -0.25) is 9.59 Å². The van der Waals surface area contributed by atoms with E-state index in [0.29, 0.717) is 6.42 Å². The second-order valence-corrected chi connectivity index (χ2v) is 14.2. The van der Waals surface area contributed by atoms with E-state index in [-0.39, 0.29) is 32.0 Å². The van der Waals surface area contributed by atoms with Crippen molar-refractivity contribution >= 4 is 11.9 Å². The molecule has 0 aliphatic heterocycles. The molecule has 0 aromatic heterocycles. The van der Waals surface area contributed by atoms with E-state index < -0.39 is 18.2 Å². The molecule has 0 bridgehead atoms. The van der Waals surface area contributed by atoms with Crippen molar-refractivity contribution < 1.29 is 29.3 Å². The first-order valence-electron chi connectivity index (χ1n) is 21.0. The lowest BCUT2D eigenvalue weighted by Crippen LogP contribution is -2.25. The molecule has 0 saturated heterocycles. The van der Waals surface area contributed by atoms with E-state index in [1.54, 1.807) is 12.2 Å². The highest BCUT2D eigenvalue weighted by molar-refractivity contribution is 5.69. The van der Waals surface area contributed by atoms with Crippen LogP contribution in [0.4, 0.5) is 0 Å². The van der Waals surface area contributed by atoms with Gasteiger partial charge in [-0.25, -0.2) is 0 Å². The Balaban J connectivity index is 3.66. The average Bonchev–Trinajstić information content (AvgIpc) is 3.14. The number of carbonyl (C=O) groups is 2. The van der Waals surface area contributed by atoms with Gasteiger partial charge in [0, 0.05) is 12.8 Å². The van der Waals surface area contributed by atoms with Gasteiger partial charge >= 0.3 is 11.9 Å². The molecule has 298 valence electrons. The number of allylic oxidation sites excluding steroid dienone is 11. The van der Waals surface area contributed by atoms with Crippen molar-refractivity contribution in [1.82, 2.24) is 0 Å². The summed E-state index contributed by atoms with van der Waals surface area (Å²) in [4.78, 5) is 24.0. The third-order valence-electron chi connectivity index (χ3n) is 9.11. The van der Waals surface area contributed by atoms with Gasteiger partial charge in [0.05, 0.1) is 6.10 Å². The van der Waals surface area contributed by atoms with E-state index in [4.69, 9.17) is 9.47 Å². The Hall–Kier alpha value is -2.70. The molecule has 0 aromatic rings. The van der Waals surface area contributed by atoms with Gasteiger partial charge < -0.3 is 19.7 Å². The van der Waals surface area contributed by atoms with Gasteiger partial charge in [0.2, 0.25) is 0 Å². The van der Waals surface area contributed by atoms with Gasteiger partial charge in [-0.1, -0.05) is 190 Å². The number of esters is 2. The highest BCUT2D eigenvalue weighted by Crippen LogP contribution is 2.16. The summed E-state index contributed by atoms with van der Waals surface area (Å²) in [5, 5.41) is 20.1. The van der Waals surface area contributed by atoms with E-state index in [2.05, 4.69) is 69.4 Å². The molecule has 0 saturated carbocycles. The SMILES string of the molecule is CC/C=C\C/C=C\C/C=C\C/C=C\C/C=C\C=C/C(O)CCC(=O)OC[C@H](O)COC(=O)CCCCCCCCCCCCCCCCC(C)CC. The summed E-state index contributed by atoms with van der Waals surface area (Å²) in [6, 6.07) is 0. The molecule has 3 atom stereocenters. The zero-order valence-corrected chi connectivity index (χ0v) is 33.6. The van der Waals surface area contributed by atoms with Crippen molar-refractivity contribution in [1.29, 1.82) is 0 Å². The van der Waals surface area contributed by atoms with Crippen molar-refractivity contribution in [3.05, 3.63) is 72.9 Å². The maximum absolute atomic E-state index is 12.0. The molecule has 0 aliphatic rings. The Morgan fingerprint density at radius 3 is 1.42 bits per heavy atom. The smallest absolute Gasteiger partial charge is 0.305 e. The van der Waals surface area contributed by atoms with E-state index >= 15 is 0 Å². The summed E-state index contributed by atoms with van der Waals surface area (Å²) in [5.41, 5.74) is 0. The van der Waals surface area contributed by atoms with Crippen LogP contribution in [0.2, 0.25) is 0 Å². The molecular weight excluding hydrogens is 648 g/mol. The molecule has 2 N–H and O–H groups in total. The molecule has 0 spiro atoms. The molecule has 6 nitrogen and oxygen atoms in total. The average molecular weight is 727 g/mol. The molecule has 6 heteroatoms. The largest absolute Gasteiger partial charge is 0.463 e. The second kappa shape index (κ2) is 39.5. The monoisotopic (exact) mass is 727 g/mol. The maximum Gasteiger partial charge on any atom is 0.305 e. The number of aliphatic hydroxyl groups excluding tert-OH is 2. The number of ether oxygens (including phenoxy) is 2. The Bertz CT molecular complexity index is 991. The van der Waals surface area contributed by atoms with Crippen molar-refractivity contribution in [2.45, 2.75) is 187 Å². The molecule has 0 radical (unpaired) electrons. The summed E-state index contributed by atoms with van der Waals surface area (Å²) >= 11 is 0. The quantitative estimate of drug-likeness (QED) is 0.0289. The first-order valence-corrected chi connectivity index (χ1v) is 21.0. The van der Waals surface area contributed by atoms with Crippen LogP contribution in [0.25, 0.3) is 0 Å². The lowest BCUT2D eigenvalue weighted by Gasteiger charge is -2.12. The summed E-state index contributed by atoms with van der Waals surface area (Å²) in [6.45, 7) is 6.36. The van der Waals surface area contributed by atoms with Crippen LogP contribution in [-0.2, 0) is 19.1 Å². The third kappa shape index (κ3) is 38.5. The minimum absolute atomic E-state index is 0.0303. The molecule has 2 unspecified atom stereocenters. The normalized spacial score (nSPS) is 14.2. The van der Waals surface area contributed by atoms with E-state index in [1.807, 2.05) is 12.2 Å². The standard InChI is InChI=1S/C46H78O6/c1-4-6-7-8-9-10-11-12-13-14-18-21-24-27-30-33-36-43(47)38-39-46(50)52-41-44(48)40-51-45(49)37-34-31-28-25-22-19-16-15-17-20-23-26-29-32-35-42(3)5-2/h6-7,9-10,12-13,18,21,27,30,33,36,42-44,47-48H,4-5,8,11,14-17,19-20,22-26,28-29,31-32,34-35,37-41H2,1-3H3/b7-6-,10-9-,13-12-,21-18-,30-27-,36-33-/t42?,43?,44-/m1/s1. The van der Waals surface area contributed by atoms with Gasteiger partial charge in [-0.2, -0.15) is 0 Å². The summed E-state index contributed by atoms with van der Waals surface area (Å²) in [6.07, 6.45) is 48.6. The van der Waals surface area contributed by atoms with Crippen LogP contribution in [0.5, 0.6) is 0 Å². The first-order chi connectivity index (χ1) is 25.4. The molecule has 0 aliphatic carbocycles. The first kappa shape index (κ1) is 49.3. The molecular formula is C46H78O6. The Morgan fingerprint density at radius 1 is 0.519 bits per heavy atom. The summed E-state index contributed by atoms with van der Waals surface area (Å²) in [7, 11) is 0. The zero-order chi connectivity index (χ0) is 38.2. The minimum Gasteiger partial charge on any atom is -0.463 e. The number of carbonyl (C=O) groups excluding carboxylic acids is 2. The van der Waals surface area contributed by atoms with Gasteiger partial charge in [0.25, 0.3) is 0 Å². The van der Waals surface area contributed by atoms with E-state index in [0.717, 1.165) is 57.3 Å². The highest BCUT2D eigenvalue weighted by atomic mass is 16.6. The Labute approximate surface area is 319 Å². The fraction of sp³-hybridized carbons (Fsp3) is 0.696. The van der Waals surface area contributed by atoms with Crippen LogP contribution in [0.15, 0.2) is 72.9 Å². The predicted molar refractivity (Wildman–Crippen MR) is 220 cm³/mol. The van der Waals surface area contributed by atoms with Crippen LogP contribution in [0, 0.1) is 5.92 Å². The Morgan fingerprint density at radius 2 is 0.942 bits per heavy atom. The van der Waals surface area contributed by atoms with Crippen LogP contribution < -0.4 is 0 Å². The van der Waals surface area contributed by atoms with E-state index in [9.17, 15) is 19.8 Å². The van der Waals surface area contributed by atoms with Crippen molar-refractivity contribution in [3.8, 4) is 0 Å². The summed E-state index contributed by atoms with van der Waals surface area (Å²) in [5.74, 6) is 0.0532. The summed E-state index contributed by atoms with van der Waals surface area (Å²) < 4.78 is 10.2. The maximum atomic E-state index is 12.0. The number of aliphatic hydroxyl groups is 2. The van der Waals surface area contributed by atoms with Gasteiger partial charge in [-0.05, 0) is 50.9 Å². The fourth-order valence-electron chi connectivity index (χ4n) is 5.52. The molecule has 0 heterocycles. The lowest BCUT2D eigenvalue weighted by molar-refractivity contribution is -0.152. The predicted octanol–water partition coefficient (Wildman–Crippen LogP) is 12.2. The minimum atomic E-state index is -1.06. The molecule has 0 aromatic carbocycles. The highest BCUT2D eigenvalue weighted by Gasteiger charge is 2.13. The topological polar surface area (TPSA) is 93.1 Å². The van der Waals surface area contributed by atoms with Crippen LogP contribution in [0.3, 0.4) is 0 Å². The second-order valence-electron chi connectivity index (χ2n) is 14.2. The van der Waals surface area contributed by atoms with Crippen LogP contribution in [0.1, 0.15) is 175 Å². The molecule has 0 rings (SSSR count). The zero-order valence-electron chi connectivity index (χ0n) is 33.6. The van der Waals surface area contributed by atoms with Crippen molar-refractivity contribution in [2.75, 3.05) is 13.2 Å². The number of rotatable bonds is 36.